The van der Waals surface area contributed by atoms with Gasteiger partial charge in [0.1, 0.15) is 0 Å². The van der Waals surface area contributed by atoms with Gasteiger partial charge in [-0.2, -0.15) is 0 Å². The van der Waals surface area contributed by atoms with Crippen molar-refractivity contribution in [2.24, 2.45) is 0 Å². The third-order valence-electron chi connectivity index (χ3n) is 2.86. The van der Waals surface area contributed by atoms with Crippen LogP contribution in [0.25, 0.3) is 0 Å². The second-order valence-electron chi connectivity index (χ2n) is 4.44. The van der Waals surface area contributed by atoms with Crippen LogP contribution in [-0.2, 0) is 0 Å². The van der Waals surface area contributed by atoms with E-state index in [0.717, 1.165) is 5.69 Å². The normalized spacial score (nSPS) is 11.5. The first-order valence-electron chi connectivity index (χ1n) is 6.43. The number of thiocarbonyl (C=S) groups is 1. The number of benzene rings is 1. The first kappa shape index (κ1) is 15.8. The Labute approximate surface area is 132 Å². The molecule has 3 N–H and O–H groups in total. The smallest absolute Gasteiger partial charge is 0.269 e. The lowest BCUT2D eigenvalue weighted by Crippen LogP contribution is -2.32. The van der Waals surface area contributed by atoms with E-state index in [1.54, 1.807) is 18.5 Å². The molecule has 1 aromatic carbocycles. The molecule has 0 saturated heterocycles. The molecule has 0 saturated carbocycles. The molecule has 1 heterocycles. The fourth-order valence-electron chi connectivity index (χ4n) is 1.74. The number of nitrogens with zero attached hydrogens (tertiary/aromatic N) is 2. The van der Waals surface area contributed by atoms with Crippen molar-refractivity contribution >= 4 is 28.7 Å². The highest BCUT2D eigenvalue weighted by Crippen LogP contribution is 2.17. The molecule has 1 atom stereocenters. The average Bonchev–Trinajstić information content (AvgIpc) is 2.53. The van der Waals surface area contributed by atoms with Crippen LogP contribution in [0.3, 0.4) is 0 Å². The van der Waals surface area contributed by atoms with Crippen LogP contribution >= 0.6 is 12.2 Å². The van der Waals surface area contributed by atoms with E-state index in [-0.39, 0.29) is 12.2 Å². The van der Waals surface area contributed by atoms with Crippen molar-refractivity contribution in [3.05, 3.63) is 64.5 Å². The van der Waals surface area contributed by atoms with E-state index in [0.29, 0.717) is 10.7 Å². The second kappa shape index (κ2) is 7.43. The minimum absolute atomic E-state index is 0.0160. The molecule has 0 bridgehead atoms. The van der Waals surface area contributed by atoms with E-state index in [9.17, 15) is 15.2 Å². The number of anilines is 1. The Morgan fingerprint density at radius 3 is 2.68 bits per heavy atom. The number of aromatic nitrogens is 1. The van der Waals surface area contributed by atoms with Crippen LogP contribution < -0.4 is 10.6 Å². The SMILES string of the molecule is O=[N+]([O-])c1ccc(C(O)CNC(=S)Nc2cccnc2)cc1. The lowest BCUT2D eigenvalue weighted by Gasteiger charge is -2.14. The summed E-state index contributed by atoms with van der Waals surface area (Å²) in [4.78, 5) is 14.0. The van der Waals surface area contributed by atoms with Crippen molar-refractivity contribution in [1.82, 2.24) is 10.3 Å². The molecule has 0 spiro atoms. The molecule has 22 heavy (non-hydrogen) atoms. The summed E-state index contributed by atoms with van der Waals surface area (Å²) in [7, 11) is 0. The summed E-state index contributed by atoms with van der Waals surface area (Å²) in [6, 6.07) is 9.32. The van der Waals surface area contributed by atoms with E-state index in [1.807, 2.05) is 6.07 Å². The highest BCUT2D eigenvalue weighted by Gasteiger charge is 2.11. The number of pyridine rings is 1. The molecule has 0 fully saturated rings. The molecule has 0 aliphatic rings. The highest BCUT2D eigenvalue weighted by atomic mass is 32.1. The Morgan fingerprint density at radius 2 is 2.09 bits per heavy atom. The lowest BCUT2D eigenvalue weighted by molar-refractivity contribution is -0.384. The topological polar surface area (TPSA) is 100 Å². The number of aliphatic hydroxyl groups excluding tert-OH is 1. The Morgan fingerprint density at radius 1 is 1.36 bits per heavy atom. The number of aliphatic hydroxyl groups is 1. The van der Waals surface area contributed by atoms with E-state index in [4.69, 9.17) is 12.2 Å². The van der Waals surface area contributed by atoms with E-state index in [2.05, 4.69) is 15.6 Å². The van der Waals surface area contributed by atoms with E-state index < -0.39 is 11.0 Å². The average molecular weight is 318 g/mol. The number of rotatable bonds is 5. The van der Waals surface area contributed by atoms with Gasteiger partial charge in [-0.05, 0) is 42.0 Å². The lowest BCUT2D eigenvalue weighted by atomic mass is 10.1. The fourth-order valence-corrected chi connectivity index (χ4v) is 1.94. The summed E-state index contributed by atoms with van der Waals surface area (Å²) in [5.74, 6) is 0. The first-order valence-corrected chi connectivity index (χ1v) is 6.84. The summed E-state index contributed by atoms with van der Waals surface area (Å²) in [6.07, 6.45) is 2.45. The molecule has 114 valence electrons. The van der Waals surface area contributed by atoms with Crippen molar-refractivity contribution in [2.75, 3.05) is 11.9 Å². The monoisotopic (exact) mass is 318 g/mol. The predicted octanol–water partition coefficient (Wildman–Crippen LogP) is 2.01. The number of nitro groups is 1. The van der Waals surface area contributed by atoms with Gasteiger partial charge in [0, 0.05) is 24.9 Å². The van der Waals surface area contributed by atoms with E-state index in [1.165, 1.54) is 24.3 Å². The van der Waals surface area contributed by atoms with E-state index >= 15 is 0 Å². The van der Waals surface area contributed by atoms with Crippen molar-refractivity contribution in [3.63, 3.8) is 0 Å². The maximum atomic E-state index is 10.6. The predicted molar refractivity (Wildman–Crippen MR) is 86.5 cm³/mol. The van der Waals surface area contributed by atoms with Crippen molar-refractivity contribution < 1.29 is 10.0 Å². The maximum Gasteiger partial charge on any atom is 0.269 e. The second-order valence-corrected chi connectivity index (χ2v) is 4.85. The summed E-state index contributed by atoms with van der Waals surface area (Å²) >= 11 is 5.11. The number of nitro benzene ring substituents is 1. The van der Waals surface area contributed by atoms with Crippen LogP contribution in [-0.4, -0.2) is 26.7 Å². The highest BCUT2D eigenvalue weighted by molar-refractivity contribution is 7.80. The zero-order valence-electron chi connectivity index (χ0n) is 11.5. The quantitative estimate of drug-likeness (QED) is 0.440. The summed E-state index contributed by atoms with van der Waals surface area (Å²) in [5, 5.41) is 26.8. The van der Waals surface area contributed by atoms with Crippen LogP contribution in [0.5, 0.6) is 0 Å². The van der Waals surface area contributed by atoms with Gasteiger partial charge in [0.25, 0.3) is 5.69 Å². The van der Waals surface area contributed by atoms with Gasteiger partial charge >= 0.3 is 0 Å². The number of hydrogen-bond donors (Lipinski definition) is 3. The number of hydrogen-bond acceptors (Lipinski definition) is 5. The molecule has 1 aromatic heterocycles. The molecule has 2 rings (SSSR count). The number of non-ortho nitro benzene ring substituents is 1. The minimum Gasteiger partial charge on any atom is -0.387 e. The zero-order valence-corrected chi connectivity index (χ0v) is 12.3. The molecular formula is C14H14N4O3S. The molecule has 0 aliphatic heterocycles. The molecular weight excluding hydrogens is 304 g/mol. The van der Waals surface area contributed by atoms with Gasteiger partial charge in [-0.25, -0.2) is 0 Å². The standard InChI is InChI=1S/C14H14N4O3S/c19-13(10-3-5-12(6-4-10)18(20)21)9-16-14(22)17-11-2-1-7-15-8-11/h1-8,13,19H,9H2,(H2,16,17,22). The third kappa shape index (κ3) is 4.47. The molecule has 1 unspecified atom stereocenters. The number of nitrogens with one attached hydrogen (secondary N) is 2. The summed E-state index contributed by atoms with van der Waals surface area (Å²) in [6.45, 7) is 0.184. The Hall–Kier alpha value is -2.58. The Balaban J connectivity index is 1.85. The zero-order chi connectivity index (χ0) is 15.9. The molecule has 7 nitrogen and oxygen atoms in total. The van der Waals surface area contributed by atoms with Gasteiger partial charge < -0.3 is 15.7 Å². The summed E-state index contributed by atoms with van der Waals surface area (Å²) < 4.78 is 0. The van der Waals surface area contributed by atoms with Gasteiger partial charge in [0.2, 0.25) is 0 Å². The van der Waals surface area contributed by atoms with Crippen LogP contribution in [0, 0.1) is 10.1 Å². The van der Waals surface area contributed by atoms with Gasteiger partial charge in [-0.1, -0.05) is 0 Å². The van der Waals surface area contributed by atoms with Crippen LogP contribution in [0.1, 0.15) is 11.7 Å². The van der Waals surface area contributed by atoms with Gasteiger partial charge in [0.05, 0.1) is 22.9 Å². The molecule has 0 amide bonds. The van der Waals surface area contributed by atoms with Crippen molar-refractivity contribution in [1.29, 1.82) is 0 Å². The minimum atomic E-state index is -0.825. The summed E-state index contributed by atoms with van der Waals surface area (Å²) in [5.41, 5.74) is 1.30. The van der Waals surface area contributed by atoms with Crippen LogP contribution in [0.15, 0.2) is 48.8 Å². The Bertz CT molecular complexity index is 649. The van der Waals surface area contributed by atoms with Gasteiger partial charge in [-0.15, -0.1) is 0 Å². The first-order chi connectivity index (χ1) is 10.6. The van der Waals surface area contributed by atoms with Gasteiger partial charge in [-0.3, -0.25) is 15.1 Å². The third-order valence-corrected chi connectivity index (χ3v) is 3.11. The van der Waals surface area contributed by atoms with Crippen molar-refractivity contribution in [2.45, 2.75) is 6.10 Å². The van der Waals surface area contributed by atoms with Crippen LogP contribution in [0.2, 0.25) is 0 Å². The van der Waals surface area contributed by atoms with Crippen molar-refractivity contribution in [3.8, 4) is 0 Å². The largest absolute Gasteiger partial charge is 0.387 e. The maximum absolute atomic E-state index is 10.6. The Kier molecular flexibility index (Phi) is 5.34. The molecule has 2 aromatic rings. The fraction of sp³-hybridized carbons (Fsp3) is 0.143. The molecule has 8 heteroatoms. The molecule has 0 aliphatic carbocycles. The van der Waals surface area contributed by atoms with Crippen LogP contribution in [0.4, 0.5) is 11.4 Å². The molecule has 0 radical (unpaired) electrons. The van der Waals surface area contributed by atoms with Gasteiger partial charge in [0.15, 0.2) is 5.11 Å².